The van der Waals surface area contributed by atoms with Crippen molar-refractivity contribution in [2.75, 3.05) is 10.6 Å². The van der Waals surface area contributed by atoms with Crippen LogP contribution in [0.1, 0.15) is 0 Å². The third-order valence-corrected chi connectivity index (χ3v) is 7.33. The number of nitrogens with zero attached hydrogens (tertiary/aromatic N) is 2. The van der Waals surface area contributed by atoms with Crippen LogP contribution in [0.25, 0.3) is 0 Å². The largest absolute Gasteiger partial charge is 0.321 e. The second kappa shape index (κ2) is 12.5. The minimum absolute atomic E-state index is 0.0355. The molecule has 194 valence electrons. The van der Waals surface area contributed by atoms with Gasteiger partial charge in [-0.25, -0.2) is 4.98 Å². The van der Waals surface area contributed by atoms with E-state index >= 15 is 0 Å². The normalized spacial score (nSPS) is 11.6. The number of nitrogens with one attached hydrogen (secondary N) is 2. The molecule has 0 atom stereocenters. The summed E-state index contributed by atoms with van der Waals surface area (Å²) in [5.74, 6) is -1.75. The van der Waals surface area contributed by atoms with Gasteiger partial charge >= 0.3 is 5.69 Å². The second-order valence-electron chi connectivity index (χ2n) is 6.83. The number of anilines is 2. The molecule has 1 aromatic heterocycles. The number of amides is 2. The molecule has 0 aliphatic heterocycles. The van der Waals surface area contributed by atoms with Gasteiger partial charge in [-0.15, -0.1) is 0 Å². The van der Waals surface area contributed by atoms with Crippen LogP contribution in [-0.4, -0.2) is 29.3 Å². The first kappa shape index (κ1) is 29.9. The fraction of sp³-hybridized carbons (Fsp3) is 0.0952. The summed E-state index contributed by atoms with van der Waals surface area (Å²) in [6.07, 6.45) is 0. The van der Waals surface area contributed by atoms with Crippen molar-refractivity contribution in [3.05, 3.63) is 70.8 Å². The summed E-state index contributed by atoms with van der Waals surface area (Å²) in [7, 11) is 0. The number of benzene rings is 2. The van der Waals surface area contributed by atoms with Gasteiger partial charge in [0.25, 0.3) is 19.4 Å². The highest BCUT2D eigenvalue weighted by Crippen LogP contribution is 2.41. The molecule has 3 rings (SSSR count). The van der Waals surface area contributed by atoms with Gasteiger partial charge in [-0.2, -0.15) is 0 Å². The maximum Gasteiger partial charge on any atom is 0.301 e. The Kier molecular flexibility index (Phi) is 10.1. The van der Waals surface area contributed by atoms with Gasteiger partial charge in [0.2, 0.25) is 0 Å². The minimum Gasteiger partial charge on any atom is -0.321 e. The number of carbonyl (C=O) groups is 2. The molecule has 0 aliphatic carbocycles. The summed E-state index contributed by atoms with van der Waals surface area (Å²) in [6.45, 7) is 0. The quantitative estimate of drug-likeness (QED) is 0.150. The van der Waals surface area contributed by atoms with Crippen LogP contribution in [0.4, 0.5) is 17.1 Å². The number of halogens is 6. The second-order valence-corrected chi connectivity index (χ2v) is 13.5. The Hall–Kier alpha value is -1.63. The summed E-state index contributed by atoms with van der Waals surface area (Å²) in [6, 6.07) is 15.9. The summed E-state index contributed by atoms with van der Waals surface area (Å²) in [4.78, 5) is 40.7. The summed E-state index contributed by atoms with van der Waals surface area (Å²) in [5, 5.41) is 17.1. The van der Waals surface area contributed by atoms with Crippen LogP contribution in [0, 0.1) is 10.1 Å². The molecule has 0 aliphatic rings. The average molecular weight is 661 g/mol. The molecule has 0 saturated heterocycles. The van der Waals surface area contributed by atoms with Crippen molar-refractivity contribution in [3.8, 4) is 0 Å². The standard InChI is InChI=1S/C21H12Cl6N4O4S2/c22-20(23,24)18(32)28-11-5-1-3-7-14(11)36-16-10-9-13(31(34)35)17(30-16)37-15-8-4-2-6-12(15)29-19(33)21(25,26)27/h1-10H,(H,28,32)(H,29,33). The van der Waals surface area contributed by atoms with E-state index in [-0.39, 0.29) is 16.4 Å². The average Bonchev–Trinajstić information content (AvgIpc) is 2.80. The molecular formula is C21H12Cl6N4O4S2. The van der Waals surface area contributed by atoms with E-state index in [2.05, 4.69) is 15.6 Å². The maximum absolute atomic E-state index is 12.1. The summed E-state index contributed by atoms with van der Waals surface area (Å²) < 4.78 is -4.39. The van der Waals surface area contributed by atoms with Crippen molar-refractivity contribution in [3.63, 3.8) is 0 Å². The molecule has 16 heteroatoms. The molecule has 0 bridgehead atoms. The van der Waals surface area contributed by atoms with E-state index in [9.17, 15) is 19.7 Å². The lowest BCUT2D eigenvalue weighted by molar-refractivity contribution is -0.388. The van der Waals surface area contributed by atoms with Crippen LogP contribution in [0.5, 0.6) is 0 Å². The number of hydrogen-bond donors (Lipinski definition) is 2. The van der Waals surface area contributed by atoms with E-state index < -0.39 is 24.3 Å². The number of rotatable bonds is 7. The van der Waals surface area contributed by atoms with Gasteiger partial charge in [0.1, 0.15) is 5.03 Å². The fourth-order valence-electron chi connectivity index (χ4n) is 2.61. The lowest BCUT2D eigenvalue weighted by Crippen LogP contribution is -2.27. The zero-order chi connectivity index (χ0) is 27.4. The number of para-hydroxylation sites is 2. The maximum atomic E-state index is 12.1. The molecule has 2 aromatic carbocycles. The fourth-order valence-corrected chi connectivity index (χ4v) is 4.80. The van der Waals surface area contributed by atoms with E-state index in [4.69, 9.17) is 69.6 Å². The Labute approximate surface area is 248 Å². The smallest absolute Gasteiger partial charge is 0.301 e. The van der Waals surface area contributed by atoms with Gasteiger partial charge in [0.05, 0.1) is 16.3 Å². The van der Waals surface area contributed by atoms with Gasteiger partial charge in [0, 0.05) is 15.9 Å². The van der Waals surface area contributed by atoms with Gasteiger partial charge < -0.3 is 10.6 Å². The Bertz CT molecular complexity index is 1350. The first-order valence-corrected chi connectivity index (χ1v) is 13.6. The van der Waals surface area contributed by atoms with E-state index in [1.807, 2.05) is 0 Å². The van der Waals surface area contributed by atoms with Crippen molar-refractivity contribution in [1.82, 2.24) is 4.98 Å². The van der Waals surface area contributed by atoms with Gasteiger partial charge in [0.15, 0.2) is 5.03 Å². The molecular weight excluding hydrogens is 649 g/mol. The monoisotopic (exact) mass is 658 g/mol. The third-order valence-electron chi connectivity index (χ3n) is 4.22. The lowest BCUT2D eigenvalue weighted by atomic mass is 10.3. The lowest BCUT2D eigenvalue weighted by Gasteiger charge is -2.15. The molecule has 3 aromatic rings. The molecule has 0 radical (unpaired) electrons. The molecule has 1 heterocycles. The van der Waals surface area contributed by atoms with Crippen LogP contribution in [0.15, 0.2) is 80.5 Å². The Morgan fingerprint density at radius 2 is 1.22 bits per heavy atom. The number of hydrogen-bond acceptors (Lipinski definition) is 7. The predicted molar refractivity (Wildman–Crippen MR) is 150 cm³/mol. The summed E-state index contributed by atoms with van der Waals surface area (Å²) >= 11 is 35.9. The molecule has 2 N–H and O–H groups in total. The Balaban J connectivity index is 1.93. The van der Waals surface area contributed by atoms with Crippen LogP contribution in [0.3, 0.4) is 0 Å². The van der Waals surface area contributed by atoms with Crippen molar-refractivity contribution in [2.45, 2.75) is 27.4 Å². The number of alkyl halides is 6. The zero-order valence-corrected chi connectivity index (χ0v) is 24.1. The van der Waals surface area contributed by atoms with Crippen LogP contribution >= 0.6 is 93.1 Å². The van der Waals surface area contributed by atoms with Crippen LogP contribution < -0.4 is 10.6 Å². The number of carbonyl (C=O) groups excluding carboxylic acids is 2. The van der Waals surface area contributed by atoms with E-state index in [0.29, 0.717) is 20.5 Å². The molecule has 2 amide bonds. The summed E-state index contributed by atoms with van der Waals surface area (Å²) in [5.41, 5.74) is 0.338. The Morgan fingerprint density at radius 3 is 1.68 bits per heavy atom. The van der Waals surface area contributed by atoms with Gasteiger partial charge in [-0.3, -0.25) is 19.7 Å². The van der Waals surface area contributed by atoms with Gasteiger partial charge in [-0.1, -0.05) is 117 Å². The molecule has 8 nitrogen and oxygen atoms in total. The topological polar surface area (TPSA) is 114 Å². The first-order chi connectivity index (χ1) is 17.3. The first-order valence-electron chi connectivity index (χ1n) is 9.71. The number of nitro groups is 1. The predicted octanol–water partition coefficient (Wildman–Crippen LogP) is 7.91. The highest BCUT2D eigenvalue weighted by molar-refractivity contribution is 8.00. The highest BCUT2D eigenvalue weighted by Gasteiger charge is 2.32. The molecule has 0 spiro atoms. The third kappa shape index (κ3) is 8.43. The number of pyridine rings is 1. The number of aromatic nitrogens is 1. The SMILES string of the molecule is O=C(Nc1ccccc1Sc1ccc([N+](=O)[O-])c(Sc2ccccc2NC(=O)C(Cl)(Cl)Cl)n1)C(Cl)(Cl)Cl. The van der Waals surface area contributed by atoms with Gasteiger partial charge in [-0.05, 0) is 30.3 Å². The van der Waals surface area contributed by atoms with E-state index in [0.717, 1.165) is 23.5 Å². The van der Waals surface area contributed by atoms with Crippen molar-refractivity contribution < 1.29 is 14.5 Å². The van der Waals surface area contributed by atoms with E-state index in [1.54, 1.807) is 48.5 Å². The van der Waals surface area contributed by atoms with Crippen molar-refractivity contribution in [1.29, 1.82) is 0 Å². The van der Waals surface area contributed by atoms with Crippen LogP contribution in [0.2, 0.25) is 0 Å². The zero-order valence-electron chi connectivity index (χ0n) is 17.9. The van der Waals surface area contributed by atoms with Crippen molar-refractivity contribution >= 4 is 122 Å². The Morgan fingerprint density at radius 1 is 0.757 bits per heavy atom. The highest BCUT2D eigenvalue weighted by atomic mass is 35.6. The molecule has 0 fully saturated rings. The molecule has 37 heavy (non-hydrogen) atoms. The molecule has 0 unspecified atom stereocenters. The van der Waals surface area contributed by atoms with Crippen LogP contribution in [-0.2, 0) is 9.59 Å². The minimum atomic E-state index is -2.21. The van der Waals surface area contributed by atoms with E-state index in [1.165, 1.54) is 12.1 Å². The van der Waals surface area contributed by atoms with Crippen molar-refractivity contribution in [2.24, 2.45) is 0 Å². The molecule has 0 saturated carbocycles.